The van der Waals surface area contributed by atoms with Gasteiger partial charge in [0.15, 0.2) is 5.22 Å². The van der Waals surface area contributed by atoms with E-state index in [4.69, 9.17) is 20.8 Å². The third kappa shape index (κ3) is 4.95. The number of rotatable bonds is 5. The number of furan rings is 1. The first kappa shape index (κ1) is 12.2. The van der Waals surface area contributed by atoms with E-state index in [9.17, 15) is 4.79 Å². The summed E-state index contributed by atoms with van der Waals surface area (Å²) >= 11 is 7.04. The van der Waals surface area contributed by atoms with Gasteiger partial charge in [-0.25, -0.2) is 4.79 Å². The lowest BCUT2D eigenvalue weighted by Gasteiger charge is -1.94. The third-order valence-corrected chi connectivity index (χ3v) is 2.42. The molecule has 0 fully saturated rings. The molecule has 0 amide bonds. The number of esters is 1. The monoisotopic (exact) mass is 246 g/mol. The lowest BCUT2D eigenvalue weighted by molar-refractivity contribution is -0.137. The van der Waals surface area contributed by atoms with E-state index in [2.05, 4.69) is 0 Å². The van der Waals surface area contributed by atoms with E-state index in [1.54, 1.807) is 24.5 Å². The van der Waals surface area contributed by atoms with Gasteiger partial charge in [-0.05, 0) is 36.1 Å². The van der Waals surface area contributed by atoms with Crippen molar-refractivity contribution in [1.82, 2.24) is 0 Å². The maximum Gasteiger partial charge on any atom is 0.331 e. The highest BCUT2D eigenvalue weighted by Crippen LogP contribution is 2.18. The highest BCUT2D eigenvalue weighted by molar-refractivity contribution is 8.01. The predicted molar refractivity (Wildman–Crippen MR) is 60.8 cm³/mol. The van der Waals surface area contributed by atoms with E-state index in [-0.39, 0.29) is 5.97 Å². The number of hydrogen-bond acceptors (Lipinski definition) is 4. The average molecular weight is 247 g/mol. The third-order valence-electron chi connectivity index (χ3n) is 1.44. The molecule has 0 saturated carbocycles. The second-order valence-corrected chi connectivity index (χ2v) is 3.84. The number of carbonyl (C=O) groups is 1. The molecule has 82 valence electrons. The lowest BCUT2D eigenvalue weighted by Crippen LogP contribution is -1.98. The number of thioether (sulfide) groups is 1. The Morgan fingerprint density at radius 1 is 1.67 bits per heavy atom. The van der Waals surface area contributed by atoms with Gasteiger partial charge in [0.25, 0.3) is 0 Å². The summed E-state index contributed by atoms with van der Waals surface area (Å²) in [6, 6.07) is 3.49. The van der Waals surface area contributed by atoms with E-state index in [1.165, 1.54) is 17.8 Å². The standard InChI is InChI=1S/C10H11ClO3S/c1-2-13-10(12)5-6-15-7-8-3-4-9(11)14-8/h3-6H,2,7H2,1H3/b6-5+. The Morgan fingerprint density at radius 2 is 2.47 bits per heavy atom. The molecule has 0 saturated heterocycles. The van der Waals surface area contributed by atoms with Crippen LogP contribution in [0.2, 0.25) is 5.22 Å². The highest BCUT2D eigenvalue weighted by Gasteiger charge is 1.98. The summed E-state index contributed by atoms with van der Waals surface area (Å²) < 4.78 is 9.85. The van der Waals surface area contributed by atoms with Gasteiger partial charge in [0.1, 0.15) is 5.76 Å². The fraction of sp³-hybridized carbons (Fsp3) is 0.300. The van der Waals surface area contributed by atoms with Gasteiger partial charge in [0.05, 0.1) is 12.4 Å². The minimum absolute atomic E-state index is 0.331. The van der Waals surface area contributed by atoms with Crippen molar-refractivity contribution in [3.63, 3.8) is 0 Å². The summed E-state index contributed by atoms with van der Waals surface area (Å²) in [6.07, 6.45) is 1.39. The summed E-state index contributed by atoms with van der Waals surface area (Å²) in [7, 11) is 0. The quantitative estimate of drug-likeness (QED) is 0.591. The van der Waals surface area contributed by atoms with Crippen LogP contribution < -0.4 is 0 Å². The molecule has 0 atom stereocenters. The topological polar surface area (TPSA) is 39.4 Å². The van der Waals surface area contributed by atoms with Crippen molar-refractivity contribution in [3.8, 4) is 0 Å². The Balaban J connectivity index is 2.24. The van der Waals surface area contributed by atoms with Crippen LogP contribution in [-0.4, -0.2) is 12.6 Å². The fourth-order valence-corrected chi connectivity index (χ4v) is 1.64. The molecule has 0 radical (unpaired) electrons. The van der Waals surface area contributed by atoms with Crippen molar-refractivity contribution in [2.24, 2.45) is 0 Å². The summed E-state index contributed by atoms with van der Waals surface area (Å²) in [5.74, 6) is 1.09. The Morgan fingerprint density at radius 3 is 3.07 bits per heavy atom. The predicted octanol–water partition coefficient (Wildman–Crippen LogP) is 3.24. The van der Waals surface area contributed by atoms with Crippen LogP contribution in [0.4, 0.5) is 0 Å². The molecule has 5 heteroatoms. The molecule has 15 heavy (non-hydrogen) atoms. The molecular weight excluding hydrogens is 236 g/mol. The van der Waals surface area contributed by atoms with Crippen LogP contribution in [0.1, 0.15) is 12.7 Å². The average Bonchev–Trinajstić information content (AvgIpc) is 2.60. The molecular formula is C10H11ClO3S. The Labute approximate surface area is 97.4 Å². The van der Waals surface area contributed by atoms with Gasteiger partial charge < -0.3 is 9.15 Å². The number of ether oxygens (including phenoxy) is 1. The minimum Gasteiger partial charge on any atom is -0.463 e. The molecule has 0 unspecified atom stereocenters. The molecule has 0 aliphatic heterocycles. The minimum atomic E-state index is -0.331. The fourth-order valence-electron chi connectivity index (χ4n) is 0.854. The van der Waals surface area contributed by atoms with Gasteiger partial charge >= 0.3 is 5.97 Å². The maximum atomic E-state index is 10.9. The zero-order chi connectivity index (χ0) is 11.1. The van der Waals surface area contributed by atoms with Crippen LogP contribution in [0.3, 0.4) is 0 Å². The van der Waals surface area contributed by atoms with Gasteiger partial charge in [-0.2, -0.15) is 0 Å². The van der Waals surface area contributed by atoms with Gasteiger partial charge in [-0.1, -0.05) is 0 Å². The maximum absolute atomic E-state index is 10.9. The Hall–Kier alpha value is -0.870. The Bertz CT molecular complexity index is 346. The molecule has 3 nitrogen and oxygen atoms in total. The smallest absolute Gasteiger partial charge is 0.331 e. The van der Waals surface area contributed by atoms with Crippen LogP contribution in [-0.2, 0) is 15.3 Å². The first-order valence-corrected chi connectivity index (χ1v) is 5.84. The van der Waals surface area contributed by atoms with Crippen molar-refractivity contribution in [2.75, 3.05) is 6.61 Å². The van der Waals surface area contributed by atoms with Crippen LogP contribution in [0.5, 0.6) is 0 Å². The molecule has 0 spiro atoms. The summed E-state index contributed by atoms with van der Waals surface area (Å²) in [4.78, 5) is 10.9. The molecule has 0 bridgehead atoms. The number of carbonyl (C=O) groups excluding carboxylic acids is 1. The molecule has 0 aliphatic carbocycles. The van der Waals surface area contributed by atoms with Gasteiger partial charge in [-0.15, -0.1) is 11.8 Å². The summed E-state index contributed by atoms with van der Waals surface area (Å²) in [5, 5.41) is 2.05. The zero-order valence-electron chi connectivity index (χ0n) is 8.23. The van der Waals surface area contributed by atoms with Crippen molar-refractivity contribution >= 4 is 29.3 Å². The van der Waals surface area contributed by atoms with Crippen molar-refractivity contribution in [1.29, 1.82) is 0 Å². The summed E-state index contributed by atoms with van der Waals surface area (Å²) in [5.41, 5.74) is 0. The Kier molecular flexibility index (Phi) is 5.36. The van der Waals surface area contributed by atoms with Crippen LogP contribution in [0.15, 0.2) is 28.0 Å². The SMILES string of the molecule is CCOC(=O)/C=C/SCc1ccc(Cl)o1. The van der Waals surface area contributed by atoms with Crippen molar-refractivity contribution < 1.29 is 13.9 Å². The first-order chi connectivity index (χ1) is 7.22. The van der Waals surface area contributed by atoms with Crippen LogP contribution in [0, 0.1) is 0 Å². The molecule has 1 aromatic rings. The molecule has 0 aromatic carbocycles. The normalized spacial score (nSPS) is 10.8. The molecule has 1 rings (SSSR count). The number of hydrogen-bond donors (Lipinski definition) is 0. The van der Waals surface area contributed by atoms with Crippen molar-refractivity contribution in [2.45, 2.75) is 12.7 Å². The van der Waals surface area contributed by atoms with Gasteiger partial charge in [0.2, 0.25) is 0 Å². The van der Waals surface area contributed by atoms with E-state index in [0.29, 0.717) is 17.6 Å². The van der Waals surface area contributed by atoms with Gasteiger partial charge in [-0.3, -0.25) is 0 Å². The van der Waals surface area contributed by atoms with Crippen molar-refractivity contribution in [3.05, 3.63) is 34.6 Å². The second-order valence-electron chi connectivity index (χ2n) is 2.57. The van der Waals surface area contributed by atoms with Gasteiger partial charge in [0, 0.05) is 6.08 Å². The zero-order valence-corrected chi connectivity index (χ0v) is 9.81. The molecule has 0 N–H and O–H groups in total. The molecule has 1 heterocycles. The largest absolute Gasteiger partial charge is 0.463 e. The first-order valence-electron chi connectivity index (χ1n) is 4.41. The van der Waals surface area contributed by atoms with E-state index < -0.39 is 0 Å². The van der Waals surface area contributed by atoms with E-state index in [1.807, 2.05) is 0 Å². The van der Waals surface area contributed by atoms with Crippen LogP contribution >= 0.6 is 23.4 Å². The van der Waals surface area contributed by atoms with E-state index >= 15 is 0 Å². The van der Waals surface area contributed by atoms with E-state index in [0.717, 1.165) is 5.76 Å². The molecule has 1 aromatic heterocycles. The van der Waals surface area contributed by atoms with Crippen LogP contribution in [0.25, 0.3) is 0 Å². The highest BCUT2D eigenvalue weighted by atomic mass is 35.5. The number of halogens is 1. The summed E-state index contributed by atoms with van der Waals surface area (Å²) in [6.45, 7) is 2.16. The second kappa shape index (κ2) is 6.58. The molecule has 0 aliphatic rings. The lowest BCUT2D eigenvalue weighted by atomic mass is 10.5.